The Hall–Kier alpha value is -2.08. The number of hydrogen-bond acceptors (Lipinski definition) is 5. The number of nitrogens with one attached hydrogen (secondary N) is 1. The lowest BCUT2D eigenvalue weighted by atomic mass is 10.2. The summed E-state index contributed by atoms with van der Waals surface area (Å²) in [5.74, 6) is 1.56. The summed E-state index contributed by atoms with van der Waals surface area (Å²) in [7, 11) is 3.57. The minimum absolute atomic E-state index is 0.319. The lowest BCUT2D eigenvalue weighted by Gasteiger charge is -2.15. The minimum Gasteiger partial charge on any atom is -0.481 e. The van der Waals surface area contributed by atoms with Gasteiger partial charge in [0, 0.05) is 31.9 Å². The summed E-state index contributed by atoms with van der Waals surface area (Å²) in [6.45, 7) is 3.40. The fourth-order valence-electron chi connectivity index (χ4n) is 3.29. The standard InChI is InChI=1S/C18H26N4O2/c1-13-16(18(23-3)22(2)21-13)12-19-11-14-7-6-10-20-17(14)24-15-8-4-5-9-15/h6-7,10,15,19H,4-5,8-9,11-12H2,1-3H3. The third kappa shape index (κ3) is 3.70. The first-order chi connectivity index (χ1) is 11.7. The Kier molecular flexibility index (Phi) is 5.35. The van der Waals surface area contributed by atoms with Gasteiger partial charge in [-0.1, -0.05) is 6.07 Å². The van der Waals surface area contributed by atoms with Crippen molar-refractivity contribution in [2.24, 2.45) is 7.05 Å². The van der Waals surface area contributed by atoms with Gasteiger partial charge >= 0.3 is 0 Å². The van der Waals surface area contributed by atoms with E-state index in [1.807, 2.05) is 20.0 Å². The smallest absolute Gasteiger partial charge is 0.218 e. The van der Waals surface area contributed by atoms with Crippen LogP contribution in [0, 0.1) is 6.92 Å². The number of methoxy groups -OCH3 is 1. The number of pyridine rings is 1. The molecular weight excluding hydrogens is 304 g/mol. The van der Waals surface area contributed by atoms with Gasteiger partial charge in [-0.3, -0.25) is 0 Å². The lowest BCUT2D eigenvalue weighted by molar-refractivity contribution is 0.199. The van der Waals surface area contributed by atoms with Crippen LogP contribution in [0.5, 0.6) is 11.8 Å². The van der Waals surface area contributed by atoms with Gasteiger partial charge in [0.05, 0.1) is 18.4 Å². The highest BCUT2D eigenvalue weighted by atomic mass is 16.5. The van der Waals surface area contributed by atoms with E-state index < -0.39 is 0 Å². The second kappa shape index (κ2) is 7.66. The SMILES string of the molecule is COc1c(CNCc2cccnc2OC2CCCC2)c(C)nn1C. The Morgan fingerprint density at radius 3 is 2.83 bits per heavy atom. The first kappa shape index (κ1) is 16.8. The Bertz CT molecular complexity index is 678. The number of hydrogen-bond donors (Lipinski definition) is 1. The van der Waals surface area contributed by atoms with Gasteiger partial charge in [0.25, 0.3) is 0 Å². The van der Waals surface area contributed by atoms with E-state index in [4.69, 9.17) is 9.47 Å². The van der Waals surface area contributed by atoms with Crippen LogP contribution in [0.3, 0.4) is 0 Å². The molecule has 1 fully saturated rings. The van der Waals surface area contributed by atoms with Crippen LogP contribution in [0.1, 0.15) is 42.5 Å². The molecule has 6 nitrogen and oxygen atoms in total. The van der Waals surface area contributed by atoms with Gasteiger partial charge < -0.3 is 14.8 Å². The first-order valence-electron chi connectivity index (χ1n) is 8.56. The molecule has 0 radical (unpaired) electrons. The minimum atomic E-state index is 0.319. The van der Waals surface area contributed by atoms with E-state index in [9.17, 15) is 0 Å². The largest absolute Gasteiger partial charge is 0.481 e. The van der Waals surface area contributed by atoms with Gasteiger partial charge in [0.2, 0.25) is 11.8 Å². The average Bonchev–Trinajstić information content (AvgIpc) is 3.17. The quantitative estimate of drug-likeness (QED) is 0.846. The van der Waals surface area contributed by atoms with Gasteiger partial charge in [0.15, 0.2) is 0 Å². The van der Waals surface area contributed by atoms with Crippen molar-refractivity contribution in [2.45, 2.75) is 51.8 Å². The summed E-state index contributed by atoms with van der Waals surface area (Å²) in [6.07, 6.45) is 6.89. The summed E-state index contributed by atoms with van der Waals surface area (Å²) in [6, 6.07) is 4.02. The number of aromatic nitrogens is 3. The fraction of sp³-hybridized carbons (Fsp3) is 0.556. The van der Waals surface area contributed by atoms with Crippen LogP contribution in [0.25, 0.3) is 0 Å². The van der Waals surface area contributed by atoms with Gasteiger partial charge in [-0.05, 0) is 38.7 Å². The molecule has 0 amide bonds. The predicted octanol–water partition coefficient (Wildman–Crippen LogP) is 2.74. The first-order valence-corrected chi connectivity index (χ1v) is 8.56. The summed E-state index contributed by atoms with van der Waals surface area (Å²) in [5, 5.41) is 7.87. The van der Waals surface area contributed by atoms with E-state index in [1.165, 1.54) is 12.8 Å². The molecule has 1 aliphatic carbocycles. The highest BCUT2D eigenvalue weighted by Crippen LogP contribution is 2.25. The maximum Gasteiger partial charge on any atom is 0.218 e. The molecule has 0 spiro atoms. The molecule has 1 N–H and O–H groups in total. The second-order valence-corrected chi connectivity index (χ2v) is 6.29. The van der Waals surface area contributed by atoms with E-state index >= 15 is 0 Å². The maximum atomic E-state index is 6.09. The van der Waals surface area contributed by atoms with Crippen molar-refractivity contribution in [3.63, 3.8) is 0 Å². The van der Waals surface area contributed by atoms with Crippen molar-refractivity contribution in [3.05, 3.63) is 35.2 Å². The van der Waals surface area contributed by atoms with Crippen LogP contribution in [-0.2, 0) is 20.1 Å². The van der Waals surface area contributed by atoms with Crippen LogP contribution >= 0.6 is 0 Å². The van der Waals surface area contributed by atoms with Crippen molar-refractivity contribution in [1.82, 2.24) is 20.1 Å². The lowest BCUT2D eigenvalue weighted by Crippen LogP contribution is -2.17. The fourth-order valence-corrected chi connectivity index (χ4v) is 3.29. The molecule has 0 bridgehead atoms. The van der Waals surface area contributed by atoms with Gasteiger partial charge in [-0.15, -0.1) is 0 Å². The number of ether oxygens (including phenoxy) is 2. The molecule has 0 atom stereocenters. The molecule has 1 saturated carbocycles. The average molecular weight is 330 g/mol. The molecule has 1 aliphatic rings. The van der Waals surface area contributed by atoms with Gasteiger partial charge in [-0.25, -0.2) is 9.67 Å². The Balaban J connectivity index is 1.63. The number of aryl methyl sites for hydroxylation is 2. The van der Waals surface area contributed by atoms with E-state index in [0.29, 0.717) is 19.2 Å². The molecule has 24 heavy (non-hydrogen) atoms. The van der Waals surface area contributed by atoms with Gasteiger partial charge in [-0.2, -0.15) is 5.10 Å². The van der Waals surface area contributed by atoms with Crippen LogP contribution in [-0.4, -0.2) is 28.0 Å². The normalized spacial score (nSPS) is 15.0. The van der Waals surface area contributed by atoms with Crippen molar-refractivity contribution in [1.29, 1.82) is 0 Å². The second-order valence-electron chi connectivity index (χ2n) is 6.29. The molecule has 0 unspecified atom stereocenters. The predicted molar refractivity (Wildman–Crippen MR) is 92.2 cm³/mol. The number of rotatable bonds is 7. The topological polar surface area (TPSA) is 61.2 Å². The molecule has 2 heterocycles. The van der Waals surface area contributed by atoms with E-state index in [1.54, 1.807) is 18.0 Å². The molecule has 0 aliphatic heterocycles. The summed E-state index contributed by atoms with van der Waals surface area (Å²) >= 11 is 0. The van der Waals surface area contributed by atoms with Gasteiger partial charge in [0.1, 0.15) is 6.10 Å². The molecular formula is C18H26N4O2. The molecule has 6 heteroatoms. The van der Waals surface area contributed by atoms with E-state index in [0.717, 1.165) is 41.4 Å². The maximum absolute atomic E-state index is 6.09. The highest BCUT2D eigenvalue weighted by Gasteiger charge is 2.19. The summed E-state index contributed by atoms with van der Waals surface area (Å²) < 4.78 is 13.3. The van der Waals surface area contributed by atoms with Crippen LogP contribution in [0.4, 0.5) is 0 Å². The Labute approximate surface area is 143 Å². The molecule has 0 aromatic carbocycles. The van der Waals surface area contributed by atoms with Crippen LogP contribution < -0.4 is 14.8 Å². The summed E-state index contributed by atoms with van der Waals surface area (Å²) in [5.41, 5.74) is 3.16. The zero-order valence-corrected chi connectivity index (χ0v) is 14.7. The summed E-state index contributed by atoms with van der Waals surface area (Å²) in [4.78, 5) is 4.42. The van der Waals surface area contributed by atoms with Crippen LogP contribution in [0.2, 0.25) is 0 Å². The van der Waals surface area contributed by atoms with E-state index in [2.05, 4.69) is 21.5 Å². The zero-order chi connectivity index (χ0) is 16.9. The third-order valence-electron chi connectivity index (χ3n) is 4.53. The van der Waals surface area contributed by atoms with Crippen molar-refractivity contribution < 1.29 is 9.47 Å². The van der Waals surface area contributed by atoms with Crippen molar-refractivity contribution in [3.8, 4) is 11.8 Å². The Morgan fingerprint density at radius 1 is 1.29 bits per heavy atom. The third-order valence-corrected chi connectivity index (χ3v) is 4.53. The molecule has 130 valence electrons. The zero-order valence-electron chi connectivity index (χ0n) is 14.7. The van der Waals surface area contributed by atoms with Crippen molar-refractivity contribution in [2.75, 3.05) is 7.11 Å². The van der Waals surface area contributed by atoms with Crippen LogP contribution in [0.15, 0.2) is 18.3 Å². The molecule has 2 aromatic heterocycles. The molecule has 2 aromatic rings. The highest BCUT2D eigenvalue weighted by molar-refractivity contribution is 5.31. The van der Waals surface area contributed by atoms with E-state index in [-0.39, 0.29) is 0 Å². The molecule has 0 saturated heterocycles. The number of nitrogens with zero attached hydrogens (tertiary/aromatic N) is 3. The Morgan fingerprint density at radius 2 is 2.08 bits per heavy atom. The monoisotopic (exact) mass is 330 g/mol. The molecule has 3 rings (SSSR count). The van der Waals surface area contributed by atoms with Crippen molar-refractivity contribution >= 4 is 0 Å².